The van der Waals surface area contributed by atoms with Crippen LogP contribution in [-0.2, 0) is 28.8 Å². The van der Waals surface area contributed by atoms with Gasteiger partial charge in [0.2, 0.25) is 5.91 Å². The maximum absolute atomic E-state index is 12.8. The molecule has 0 fully saturated rings. The summed E-state index contributed by atoms with van der Waals surface area (Å²) in [4.78, 5) is 18.2. The molecule has 5 nitrogen and oxygen atoms in total. The van der Waals surface area contributed by atoms with Gasteiger partial charge < -0.3 is 19.4 Å². The van der Waals surface area contributed by atoms with Crippen molar-refractivity contribution in [2.75, 3.05) is 27.4 Å². The maximum atomic E-state index is 12.8. The average molecular weight is 407 g/mol. The number of methoxy groups -OCH3 is 2. The van der Waals surface area contributed by atoms with E-state index in [1.54, 1.807) is 14.2 Å². The van der Waals surface area contributed by atoms with Crippen molar-refractivity contribution in [1.82, 2.24) is 9.88 Å². The van der Waals surface area contributed by atoms with Crippen LogP contribution >= 0.6 is 0 Å². The Morgan fingerprint density at radius 1 is 1.20 bits per heavy atom. The number of fused-ring (bicyclic) bond motifs is 2. The van der Waals surface area contributed by atoms with Crippen LogP contribution in [0, 0.1) is 0 Å². The van der Waals surface area contributed by atoms with Gasteiger partial charge in [-0.15, -0.1) is 0 Å². The zero-order valence-corrected chi connectivity index (χ0v) is 18.0. The summed E-state index contributed by atoms with van der Waals surface area (Å²) in [6, 6.07) is 12.8. The van der Waals surface area contributed by atoms with E-state index in [1.807, 2.05) is 11.0 Å². The third-order valence-corrected chi connectivity index (χ3v) is 6.23. The first-order valence-corrected chi connectivity index (χ1v) is 10.7. The van der Waals surface area contributed by atoms with Gasteiger partial charge in [-0.05, 0) is 60.1 Å². The molecule has 1 unspecified atom stereocenters. The molecule has 4 rings (SSSR count). The van der Waals surface area contributed by atoms with E-state index >= 15 is 0 Å². The number of benzene rings is 2. The van der Waals surface area contributed by atoms with E-state index in [2.05, 4.69) is 48.4 Å². The number of hydrogen-bond donors (Lipinski definition) is 1. The number of hydrogen-bond acceptors (Lipinski definition) is 3. The van der Waals surface area contributed by atoms with Gasteiger partial charge in [0.1, 0.15) is 12.4 Å². The molecule has 0 saturated carbocycles. The van der Waals surface area contributed by atoms with Gasteiger partial charge in [-0.1, -0.05) is 31.2 Å². The second kappa shape index (κ2) is 8.92. The van der Waals surface area contributed by atoms with Gasteiger partial charge in [0, 0.05) is 30.8 Å². The van der Waals surface area contributed by atoms with Crippen LogP contribution in [0.4, 0.5) is 0 Å². The van der Waals surface area contributed by atoms with Gasteiger partial charge in [-0.2, -0.15) is 0 Å². The molecular formula is C25H30N2O3. The van der Waals surface area contributed by atoms with E-state index in [4.69, 9.17) is 9.47 Å². The van der Waals surface area contributed by atoms with E-state index in [9.17, 15) is 4.79 Å². The van der Waals surface area contributed by atoms with E-state index < -0.39 is 0 Å². The van der Waals surface area contributed by atoms with E-state index in [-0.39, 0.29) is 18.6 Å². The van der Waals surface area contributed by atoms with E-state index in [1.165, 1.54) is 27.6 Å². The summed E-state index contributed by atoms with van der Waals surface area (Å²) in [7, 11) is 3.30. The van der Waals surface area contributed by atoms with Gasteiger partial charge in [0.25, 0.3) is 0 Å². The molecule has 158 valence electrons. The van der Waals surface area contributed by atoms with Gasteiger partial charge in [0.05, 0.1) is 13.2 Å². The molecule has 0 aliphatic carbocycles. The zero-order valence-electron chi connectivity index (χ0n) is 18.0. The molecule has 1 N–H and O–H groups in total. The summed E-state index contributed by atoms with van der Waals surface area (Å²) in [5, 5.41) is 1.25. The van der Waals surface area contributed by atoms with E-state index in [0.717, 1.165) is 43.5 Å². The topological polar surface area (TPSA) is 54.6 Å². The Hall–Kier alpha value is -2.79. The molecule has 1 aromatic heterocycles. The highest BCUT2D eigenvalue weighted by Gasteiger charge is 2.31. The highest BCUT2D eigenvalue weighted by molar-refractivity contribution is 5.83. The minimum atomic E-state index is 0.0184. The number of aromatic amines is 1. The molecule has 1 aliphatic rings. The van der Waals surface area contributed by atoms with Crippen LogP contribution in [0.1, 0.15) is 41.6 Å². The number of carbonyl (C=O) groups is 1. The number of rotatable bonds is 7. The fourth-order valence-corrected chi connectivity index (χ4v) is 4.70. The number of aromatic nitrogens is 1. The van der Waals surface area contributed by atoms with Crippen LogP contribution < -0.4 is 4.74 Å². The minimum Gasteiger partial charge on any atom is -0.496 e. The second-order valence-corrected chi connectivity index (χ2v) is 7.90. The summed E-state index contributed by atoms with van der Waals surface area (Å²) >= 11 is 0. The standard InChI is InChI=1S/C25H30N2O3/c1-4-17-13-18-11-12-27(25(28)16-29-2)23(21(18)14-24(17)30-3)10-9-19-15-26-22-8-6-5-7-20(19)22/h5-8,13-15,23,26H,4,9-12,16H2,1-3H3. The number of para-hydroxylation sites is 1. The first-order chi connectivity index (χ1) is 14.7. The predicted octanol–water partition coefficient (Wildman–Crippen LogP) is 4.44. The van der Waals surface area contributed by atoms with Crippen molar-refractivity contribution in [2.45, 2.75) is 38.6 Å². The molecule has 0 saturated heterocycles. The lowest BCUT2D eigenvalue weighted by atomic mass is 9.87. The largest absolute Gasteiger partial charge is 0.496 e. The number of amides is 1. The highest BCUT2D eigenvalue weighted by Crippen LogP contribution is 2.38. The molecule has 1 atom stereocenters. The smallest absolute Gasteiger partial charge is 0.249 e. The van der Waals surface area contributed by atoms with Gasteiger partial charge in [-0.3, -0.25) is 4.79 Å². The molecule has 1 amide bonds. The summed E-state index contributed by atoms with van der Waals surface area (Å²) in [6.07, 6.45) is 5.65. The molecule has 2 aromatic carbocycles. The number of carbonyl (C=O) groups excluding carboxylic acids is 1. The molecule has 30 heavy (non-hydrogen) atoms. The van der Waals surface area contributed by atoms with Gasteiger partial charge in [0.15, 0.2) is 0 Å². The van der Waals surface area contributed by atoms with Crippen LogP contribution in [-0.4, -0.2) is 43.2 Å². The number of nitrogens with zero attached hydrogens (tertiary/aromatic N) is 1. The van der Waals surface area contributed by atoms with E-state index in [0.29, 0.717) is 0 Å². The Morgan fingerprint density at radius 3 is 2.80 bits per heavy atom. The lowest BCUT2D eigenvalue weighted by Gasteiger charge is -2.38. The minimum absolute atomic E-state index is 0.0184. The van der Waals surface area contributed by atoms with Gasteiger partial charge in [-0.25, -0.2) is 0 Å². The lowest BCUT2D eigenvalue weighted by molar-refractivity contribution is -0.138. The maximum Gasteiger partial charge on any atom is 0.249 e. The van der Waals surface area contributed by atoms with Crippen molar-refractivity contribution in [1.29, 1.82) is 0 Å². The van der Waals surface area contributed by atoms with Crippen LogP contribution in [0.25, 0.3) is 10.9 Å². The number of nitrogens with one attached hydrogen (secondary N) is 1. The number of H-pyrrole nitrogens is 1. The van der Waals surface area contributed by atoms with Crippen LogP contribution in [0.5, 0.6) is 5.75 Å². The van der Waals surface area contributed by atoms with Crippen molar-refractivity contribution >= 4 is 16.8 Å². The highest BCUT2D eigenvalue weighted by atomic mass is 16.5. The first-order valence-electron chi connectivity index (χ1n) is 10.7. The van der Waals surface area contributed by atoms with Crippen LogP contribution in [0.3, 0.4) is 0 Å². The summed E-state index contributed by atoms with van der Waals surface area (Å²) < 4.78 is 10.8. The molecule has 2 heterocycles. The Labute approximate surface area is 178 Å². The number of aryl methyl sites for hydroxylation is 2. The van der Waals surface area contributed by atoms with Gasteiger partial charge >= 0.3 is 0 Å². The monoisotopic (exact) mass is 406 g/mol. The Balaban J connectivity index is 1.68. The molecule has 0 radical (unpaired) electrons. The first kappa shape index (κ1) is 20.5. The summed E-state index contributed by atoms with van der Waals surface area (Å²) in [5.74, 6) is 0.958. The molecule has 3 aromatic rings. The van der Waals surface area contributed by atoms with Crippen molar-refractivity contribution in [3.8, 4) is 5.75 Å². The number of ether oxygens (including phenoxy) is 2. The lowest BCUT2D eigenvalue weighted by Crippen LogP contribution is -2.42. The van der Waals surface area contributed by atoms with Crippen LogP contribution in [0.15, 0.2) is 42.6 Å². The summed E-state index contributed by atoms with van der Waals surface area (Å²) in [6.45, 7) is 2.99. The zero-order chi connectivity index (χ0) is 21.1. The predicted molar refractivity (Wildman–Crippen MR) is 119 cm³/mol. The molecule has 5 heteroatoms. The fourth-order valence-electron chi connectivity index (χ4n) is 4.70. The Kier molecular flexibility index (Phi) is 6.09. The molecule has 0 spiro atoms. The average Bonchev–Trinajstić information content (AvgIpc) is 3.19. The second-order valence-electron chi connectivity index (χ2n) is 7.90. The quantitative estimate of drug-likeness (QED) is 0.631. The van der Waals surface area contributed by atoms with Crippen molar-refractivity contribution in [3.05, 3.63) is 64.8 Å². The van der Waals surface area contributed by atoms with Crippen LogP contribution in [0.2, 0.25) is 0 Å². The van der Waals surface area contributed by atoms with Crippen molar-refractivity contribution in [3.63, 3.8) is 0 Å². The Bertz CT molecular complexity index is 1040. The molecular weight excluding hydrogens is 376 g/mol. The third kappa shape index (κ3) is 3.82. The normalized spacial score (nSPS) is 16.0. The summed E-state index contributed by atoms with van der Waals surface area (Å²) in [5.41, 5.74) is 6.20. The Morgan fingerprint density at radius 2 is 2.03 bits per heavy atom. The van der Waals surface area contributed by atoms with Crippen molar-refractivity contribution in [2.24, 2.45) is 0 Å². The molecule has 0 bridgehead atoms. The molecule has 1 aliphatic heterocycles. The SMILES string of the molecule is CCc1cc2c(cc1OC)C(CCc1c[nH]c3ccccc13)N(C(=O)COC)CC2. The third-order valence-electron chi connectivity index (χ3n) is 6.23. The van der Waals surface area contributed by atoms with Crippen molar-refractivity contribution < 1.29 is 14.3 Å². The fraction of sp³-hybridized carbons (Fsp3) is 0.400.